The van der Waals surface area contributed by atoms with Crippen LogP contribution in [-0.2, 0) is 38.0 Å². The molecule has 3 rings (SSSR count). The fraction of sp³-hybridized carbons (Fsp3) is 0.370. The predicted octanol–water partition coefficient (Wildman–Crippen LogP) is 3.12. The van der Waals surface area contributed by atoms with Crippen LogP contribution in [0.25, 0.3) is 0 Å². The Bertz CT molecular complexity index is 1270. The number of ether oxygens (including phenoxy) is 2. The quantitative estimate of drug-likeness (QED) is 0.248. The third kappa shape index (κ3) is 8.14. The molecular weight excluding hydrogens is 504 g/mol. The van der Waals surface area contributed by atoms with Crippen molar-refractivity contribution in [3.05, 3.63) is 77.1 Å². The van der Waals surface area contributed by atoms with Gasteiger partial charge in [-0.15, -0.1) is 10.2 Å². The molecule has 200 valence electrons. The first-order valence-corrected chi connectivity index (χ1v) is 13.0. The summed E-state index contributed by atoms with van der Waals surface area (Å²) in [5, 5.41) is 21.6. The highest BCUT2D eigenvalue weighted by Crippen LogP contribution is 2.26. The van der Waals surface area contributed by atoms with Gasteiger partial charge in [-0.2, -0.15) is 5.26 Å². The third-order valence-electron chi connectivity index (χ3n) is 5.61. The zero-order valence-corrected chi connectivity index (χ0v) is 22.5. The number of nitrogens with one attached hydrogen (secondary N) is 1. The van der Waals surface area contributed by atoms with E-state index >= 15 is 0 Å². The van der Waals surface area contributed by atoms with Gasteiger partial charge in [-0.3, -0.25) is 9.59 Å². The van der Waals surface area contributed by atoms with Crippen molar-refractivity contribution in [2.24, 2.45) is 5.73 Å². The molecule has 3 aromatic rings. The van der Waals surface area contributed by atoms with Gasteiger partial charge < -0.3 is 25.1 Å². The summed E-state index contributed by atoms with van der Waals surface area (Å²) in [6, 6.07) is 18.5. The highest BCUT2D eigenvalue weighted by atomic mass is 32.2. The van der Waals surface area contributed by atoms with Gasteiger partial charge in [-0.1, -0.05) is 60.3 Å². The Morgan fingerprint density at radius 2 is 1.87 bits per heavy atom. The number of nitrogens with zero attached hydrogens (tertiary/aromatic N) is 4. The zero-order valence-electron chi connectivity index (χ0n) is 21.7. The normalized spacial score (nSPS) is 12.0. The third-order valence-corrected chi connectivity index (χ3v) is 6.62. The number of nitrogens with two attached hydrogens (primary N) is 1. The smallest absolute Gasteiger partial charge is 0.307 e. The van der Waals surface area contributed by atoms with E-state index in [4.69, 9.17) is 15.2 Å². The largest absolute Gasteiger partial charge is 0.469 e. The highest BCUT2D eigenvalue weighted by molar-refractivity contribution is 7.98. The highest BCUT2D eigenvalue weighted by Gasteiger charge is 2.29. The van der Waals surface area contributed by atoms with E-state index in [2.05, 4.69) is 21.6 Å². The molecule has 0 radical (unpaired) electrons. The van der Waals surface area contributed by atoms with Crippen LogP contribution < -0.4 is 11.1 Å². The molecule has 0 aliphatic rings. The van der Waals surface area contributed by atoms with Crippen LogP contribution in [0.15, 0.2) is 59.8 Å². The van der Waals surface area contributed by atoms with Crippen LogP contribution in [0.5, 0.6) is 0 Å². The molecule has 0 spiro atoms. The van der Waals surface area contributed by atoms with Crippen LogP contribution in [0.1, 0.15) is 48.8 Å². The van der Waals surface area contributed by atoms with Gasteiger partial charge in [0.2, 0.25) is 5.91 Å². The molecule has 0 saturated carbocycles. The van der Waals surface area contributed by atoms with Gasteiger partial charge in [0.1, 0.15) is 6.04 Å². The maximum Gasteiger partial charge on any atom is 0.307 e. The van der Waals surface area contributed by atoms with Gasteiger partial charge in [-0.25, -0.2) is 0 Å². The van der Waals surface area contributed by atoms with Crippen LogP contribution in [0.2, 0.25) is 0 Å². The standard InChI is InChI=1S/C27H32N6O4S/c1-27(2,29)25(35)30-22(17-37-16-19-9-5-4-6-10-19)24-31-32-26(33(24)14-13-23(34)36-3)38-18-21-12-8-7-11-20(21)15-28/h4-12,22H,13-14,16-18,29H2,1-3H3,(H,30,35)/t22-/m1/s1. The molecule has 0 aliphatic heterocycles. The molecule has 0 bridgehead atoms. The number of methoxy groups -OCH3 is 1. The summed E-state index contributed by atoms with van der Waals surface area (Å²) in [5.74, 6) is 0.123. The molecule has 1 atom stereocenters. The maximum atomic E-state index is 12.8. The second-order valence-electron chi connectivity index (χ2n) is 9.12. The zero-order chi connectivity index (χ0) is 27.5. The molecule has 1 heterocycles. The molecule has 0 unspecified atom stereocenters. The van der Waals surface area contributed by atoms with Crippen LogP contribution in [0, 0.1) is 11.3 Å². The Morgan fingerprint density at radius 3 is 2.55 bits per heavy atom. The lowest BCUT2D eigenvalue weighted by Gasteiger charge is -2.24. The van der Waals surface area contributed by atoms with E-state index in [0.717, 1.165) is 11.1 Å². The Kier molecular flexibility index (Phi) is 10.4. The summed E-state index contributed by atoms with van der Waals surface area (Å²) in [6.45, 7) is 3.89. The summed E-state index contributed by atoms with van der Waals surface area (Å²) >= 11 is 1.38. The van der Waals surface area contributed by atoms with E-state index in [1.807, 2.05) is 48.5 Å². The van der Waals surface area contributed by atoms with E-state index < -0.39 is 11.6 Å². The molecule has 0 aliphatic carbocycles. The van der Waals surface area contributed by atoms with Crippen molar-refractivity contribution in [3.63, 3.8) is 0 Å². The fourth-order valence-electron chi connectivity index (χ4n) is 3.47. The van der Waals surface area contributed by atoms with Crippen LogP contribution in [-0.4, -0.2) is 45.9 Å². The van der Waals surface area contributed by atoms with Crippen LogP contribution in [0.4, 0.5) is 0 Å². The van der Waals surface area contributed by atoms with E-state index in [1.54, 1.807) is 24.5 Å². The number of esters is 1. The van der Waals surface area contributed by atoms with Crippen molar-refractivity contribution < 1.29 is 19.1 Å². The number of hydrogen-bond acceptors (Lipinski definition) is 9. The second-order valence-corrected chi connectivity index (χ2v) is 10.1. The lowest BCUT2D eigenvalue weighted by Crippen LogP contribution is -2.51. The number of benzene rings is 2. The van der Waals surface area contributed by atoms with Gasteiger partial charge >= 0.3 is 5.97 Å². The van der Waals surface area contributed by atoms with E-state index in [9.17, 15) is 14.9 Å². The summed E-state index contributed by atoms with van der Waals surface area (Å²) in [4.78, 5) is 24.8. The lowest BCUT2D eigenvalue weighted by molar-refractivity contribution is -0.141. The first-order valence-electron chi connectivity index (χ1n) is 12.0. The molecule has 38 heavy (non-hydrogen) atoms. The number of hydrogen-bond donors (Lipinski definition) is 2. The molecule has 10 nitrogen and oxygen atoms in total. The number of carbonyl (C=O) groups excluding carboxylic acids is 2. The lowest BCUT2D eigenvalue weighted by atomic mass is 10.1. The number of amides is 1. The summed E-state index contributed by atoms with van der Waals surface area (Å²) in [6.07, 6.45) is 0.0812. The Balaban J connectivity index is 1.88. The van der Waals surface area contributed by atoms with Crippen molar-refractivity contribution in [3.8, 4) is 6.07 Å². The monoisotopic (exact) mass is 536 g/mol. The molecule has 2 aromatic carbocycles. The van der Waals surface area contributed by atoms with Crippen LogP contribution >= 0.6 is 11.8 Å². The fourth-order valence-corrected chi connectivity index (χ4v) is 4.45. The van der Waals surface area contributed by atoms with E-state index in [1.165, 1.54) is 18.9 Å². The van der Waals surface area contributed by atoms with Gasteiger partial charge in [-0.05, 0) is 31.0 Å². The first kappa shape index (κ1) is 28.8. The SMILES string of the molecule is COC(=O)CCn1c(SCc2ccccc2C#N)nnc1[C@@H](COCc1ccccc1)NC(=O)C(C)(C)N. The molecule has 0 fully saturated rings. The molecule has 11 heteroatoms. The van der Waals surface area contributed by atoms with Crippen molar-refractivity contribution in [2.45, 2.75) is 55.9 Å². The van der Waals surface area contributed by atoms with Crippen molar-refractivity contribution >= 4 is 23.6 Å². The van der Waals surface area contributed by atoms with E-state index in [0.29, 0.717) is 28.9 Å². The second kappa shape index (κ2) is 13.7. The minimum atomic E-state index is -1.13. The number of carbonyl (C=O) groups is 2. The van der Waals surface area contributed by atoms with Crippen molar-refractivity contribution in [2.75, 3.05) is 13.7 Å². The van der Waals surface area contributed by atoms with Crippen molar-refractivity contribution in [1.82, 2.24) is 20.1 Å². The molecule has 1 aromatic heterocycles. The molecular formula is C27H32N6O4S. The Hall–Kier alpha value is -3.72. The number of thioether (sulfide) groups is 1. The minimum absolute atomic E-state index is 0.0812. The van der Waals surface area contributed by atoms with Gasteiger partial charge in [0.05, 0.1) is 43.9 Å². The summed E-state index contributed by atoms with van der Waals surface area (Å²) in [7, 11) is 1.33. The van der Waals surface area contributed by atoms with Crippen molar-refractivity contribution in [1.29, 1.82) is 5.26 Å². The molecule has 3 N–H and O–H groups in total. The first-order chi connectivity index (χ1) is 18.2. The summed E-state index contributed by atoms with van der Waals surface area (Å²) in [5.41, 5.74) is 7.31. The van der Waals surface area contributed by atoms with Gasteiger partial charge in [0, 0.05) is 12.3 Å². The number of rotatable bonds is 13. The average molecular weight is 537 g/mol. The Morgan fingerprint density at radius 1 is 1.16 bits per heavy atom. The number of aromatic nitrogens is 3. The predicted molar refractivity (Wildman–Crippen MR) is 143 cm³/mol. The molecule has 1 amide bonds. The molecule has 0 saturated heterocycles. The number of nitriles is 1. The average Bonchev–Trinajstić information content (AvgIpc) is 3.32. The topological polar surface area (TPSA) is 145 Å². The maximum absolute atomic E-state index is 12.8. The van der Waals surface area contributed by atoms with Crippen LogP contribution in [0.3, 0.4) is 0 Å². The van der Waals surface area contributed by atoms with Gasteiger partial charge in [0.25, 0.3) is 0 Å². The van der Waals surface area contributed by atoms with E-state index in [-0.39, 0.29) is 31.4 Å². The van der Waals surface area contributed by atoms with Gasteiger partial charge in [0.15, 0.2) is 11.0 Å². The summed E-state index contributed by atoms with van der Waals surface area (Å²) < 4.78 is 12.5. The Labute approximate surface area is 226 Å². The minimum Gasteiger partial charge on any atom is -0.469 e.